The van der Waals surface area contributed by atoms with Crippen LogP contribution in [0.1, 0.15) is 24.8 Å². The average molecular weight is 386 g/mol. The fourth-order valence-corrected chi connectivity index (χ4v) is 4.05. The van der Waals surface area contributed by atoms with Crippen LogP contribution >= 0.6 is 11.6 Å². The lowest BCUT2D eigenvalue weighted by Gasteiger charge is -2.38. The Morgan fingerprint density at radius 1 is 0.786 bits per heavy atom. The van der Waals surface area contributed by atoms with Gasteiger partial charge < -0.3 is 5.73 Å². The highest BCUT2D eigenvalue weighted by atomic mass is 35.5. The molecule has 0 saturated heterocycles. The lowest BCUT2D eigenvalue weighted by Crippen LogP contribution is -2.43. The van der Waals surface area contributed by atoms with Crippen LogP contribution in [0.3, 0.4) is 0 Å². The molecule has 0 amide bonds. The minimum atomic E-state index is -0.154. The number of hydrogen-bond acceptors (Lipinski definition) is 3. The van der Waals surface area contributed by atoms with Gasteiger partial charge in [-0.1, -0.05) is 66.2 Å². The predicted molar refractivity (Wildman–Crippen MR) is 115 cm³/mol. The maximum atomic E-state index is 6.49. The van der Waals surface area contributed by atoms with Gasteiger partial charge in [-0.05, 0) is 48.6 Å². The molecular weight excluding hydrogens is 366 g/mol. The third kappa shape index (κ3) is 2.97. The van der Waals surface area contributed by atoms with Gasteiger partial charge in [0.25, 0.3) is 0 Å². The molecule has 1 aliphatic carbocycles. The van der Waals surface area contributed by atoms with E-state index in [-0.39, 0.29) is 5.54 Å². The van der Waals surface area contributed by atoms with Crippen molar-refractivity contribution in [1.29, 1.82) is 0 Å². The van der Waals surface area contributed by atoms with Gasteiger partial charge in [-0.2, -0.15) is 0 Å². The molecule has 2 aromatic heterocycles. The zero-order valence-corrected chi connectivity index (χ0v) is 16.2. The van der Waals surface area contributed by atoms with Crippen LogP contribution in [0.25, 0.3) is 33.4 Å². The molecular formula is C24H20ClN3. The van der Waals surface area contributed by atoms with Gasteiger partial charge in [-0.25, -0.2) is 9.97 Å². The van der Waals surface area contributed by atoms with Crippen LogP contribution in [0.5, 0.6) is 0 Å². The number of pyridine rings is 2. The summed E-state index contributed by atoms with van der Waals surface area (Å²) >= 11 is 6.10. The van der Waals surface area contributed by atoms with E-state index < -0.39 is 0 Å². The number of rotatable bonds is 3. The molecule has 4 heteroatoms. The van der Waals surface area contributed by atoms with Crippen molar-refractivity contribution in [2.45, 2.75) is 24.8 Å². The zero-order valence-electron chi connectivity index (χ0n) is 15.4. The molecule has 138 valence electrons. The van der Waals surface area contributed by atoms with Crippen LogP contribution < -0.4 is 5.73 Å². The summed E-state index contributed by atoms with van der Waals surface area (Å²) in [7, 11) is 0. The first kappa shape index (κ1) is 17.4. The highest BCUT2D eigenvalue weighted by molar-refractivity contribution is 6.29. The minimum absolute atomic E-state index is 0.154. The van der Waals surface area contributed by atoms with Crippen molar-refractivity contribution >= 4 is 22.6 Å². The van der Waals surface area contributed by atoms with E-state index in [1.165, 1.54) is 12.0 Å². The van der Waals surface area contributed by atoms with E-state index in [1.54, 1.807) is 6.07 Å². The van der Waals surface area contributed by atoms with Crippen molar-refractivity contribution in [1.82, 2.24) is 9.97 Å². The Balaban J connectivity index is 1.68. The van der Waals surface area contributed by atoms with Gasteiger partial charge in [-0.3, -0.25) is 0 Å². The smallest absolute Gasteiger partial charge is 0.129 e. The van der Waals surface area contributed by atoms with E-state index in [9.17, 15) is 0 Å². The van der Waals surface area contributed by atoms with Gasteiger partial charge in [0.2, 0.25) is 0 Å². The molecule has 2 heterocycles. The summed E-state index contributed by atoms with van der Waals surface area (Å²) in [5.41, 5.74) is 13.3. The molecule has 2 aromatic carbocycles. The molecule has 0 radical (unpaired) electrons. The molecule has 1 fully saturated rings. The van der Waals surface area contributed by atoms with Gasteiger partial charge in [0.15, 0.2) is 0 Å². The number of nitrogens with zero attached hydrogens (tertiary/aromatic N) is 2. The normalized spacial score (nSPS) is 15.4. The molecule has 5 rings (SSSR count). The Bertz CT molecular complexity index is 1150. The Hall–Kier alpha value is -2.75. The molecule has 4 aromatic rings. The van der Waals surface area contributed by atoms with Crippen LogP contribution in [0, 0.1) is 0 Å². The average Bonchev–Trinajstić information content (AvgIpc) is 2.72. The second kappa shape index (κ2) is 6.69. The first-order valence-corrected chi connectivity index (χ1v) is 9.93. The summed E-state index contributed by atoms with van der Waals surface area (Å²) in [6.07, 6.45) is 3.32. The summed E-state index contributed by atoms with van der Waals surface area (Å²) in [6, 6.07) is 24.6. The number of hydrogen-bond donors (Lipinski definition) is 1. The van der Waals surface area contributed by atoms with E-state index >= 15 is 0 Å². The molecule has 1 saturated carbocycles. The Labute approximate surface area is 169 Å². The van der Waals surface area contributed by atoms with E-state index in [4.69, 9.17) is 22.3 Å². The van der Waals surface area contributed by atoms with Crippen LogP contribution in [-0.4, -0.2) is 9.97 Å². The van der Waals surface area contributed by atoms with Crippen molar-refractivity contribution < 1.29 is 0 Å². The first-order chi connectivity index (χ1) is 13.6. The van der Waals surface area contributed by atoms with E-state index in [0.717, 1.165) is 46.3 Å². The van der Waals surface area contributed by atoms with Crippen molar-refractivity contribution in [3.63, 3.8) is 0 Å². The van der Waals surface area contributed by atoms with Gasteiger partial charge >= 0.3 is 0 Å². The van der Waals surface area contributed by atoms with Crippen LogP contribution in [-0.2, 0) is 5.54 Å². The maximum absolute atomic E-state index is 6.49. The molecule has 0 bridgehead atoms. The van der Waals surface area contributed by atoms with Crippen LogP contribution in [0.2, 0.25) is 5.15 Å². The van der Waals surface area contributed by atoms with Crippen LogP contribution in [0.15, 0.2) is 72.8 Å². The fraction of sp³-hybridized carbons (Fsp3) is 0.167. The Morgan fingerprint density at radius 2 is 1.54 bits per heavy atom. The predicted octanol–water partition coefficient (Wildman–Crippen LogP) is 5.96. The third-order valence-corrected chi connectivity index (χ3v) is 5.91. The highest BCUT2D eigenvalue weighted by Crippen LogP contribution is 2.40. The van der Waals surface area contributed by atoms with Crippen molar-refractivity contribution in [3.05, 3.63) is 83.5 Å². The van der Waals surface area contributed by atoms with E-state index in [1.807, 2.05) is 24.3 Å². The summed E-state index contributed by atoms with van der Waals surface area (Å²) in [6.45, 7) is 0. The topological polar surface area (TPSA) is 51.8 Å². The van der Waals surface area contributed by atoms with Gasteiger partial charge in [0.1, 0.15) is 5.15 Å². The number of fused-ring (bicyclic) bond motifs is 1. The Morgan fingerprint density at radius 3 is 2.21 bits per heavy atom. The fourth-order valence-electron chi connectivity index (χ4n) is 3.89. The van der Waals surface area contributed by atoms with Crippen molar-refractivity contribution in [2.75, 3.05) is 0 Å². The minimum Gasteiger partial charge on any atom is -0.321 e. The SMILES string of the molecule is NC1(c2ccc(-c3nc4ccc(Cl)nc4cc3-c3ccccc3)cc2)CCC1. The molecule has 0 atom stereocenters. The molecule has 2 N–H and O–H groups in total. The molecule has 0 unspecified atom stereocenters. The quantitative estimate of drug-likeness (QED) is 0.443. The zero-order chi connectivity index (χ0) is 19.1. The second-order valence-corrected chi connectivity index (χ2v) is 7.90. The van der Waals surface area contributed by atoms with Crippen LogP contribution in [0.4, 0.5) is 0 Å². The van der Waals surface area contributed by atoms with E-state index in [0.29, 0.717) is 5.15 Å². The monoisotopic (exact) mass is 385 g/mol. The maximum Gasteiger partial charge on any atom is 0.129 e. The third-order valence-electron chi connectivity index (χ3n) is 5.70. The summed E-state index contributed by atoms with van der Waals surface area (Å²) in [5.74, 6) is 0. The first-order valence-electron chi connectivity index (χ1n) is 9.55. The van der Waals surface area contributed by atoms with Gasteiger partial charge in [0, 0.05) is 16.7 Å². The number of benzene rings is 2. The standard InChI is InChI=1S/C24H20ClN3/c25-22-12-11-20-21(27-22)15-19(16-5-2-1-3-6-16)23(28-20)17-7-9-18(10-8-17)24(26)13-4-14-24/h1-3,5-12,15H,4,13-14,26H2. The number of aromatic nitrogens is 2. The lowest BCUT2D eigenvalue weighted by atomic mass is 9.72. The number of nitrogens with two attached hydrogens (primary N) is 1. The second-order valence-electron chi connectivity index (χ2n) is 7.51. The van der Waals surface area contributed by atoms with E-state index in [2.05, 4.69) is 47.4 Å². The van der Waals surface area contributed by atoms with Gasteiger partial charge in [-0.15, -0.1) is 0 Å². The lowest BCUT2D eigenvalue weighted by molar-refractivity contribution is 0.253. The van der Waals surface area contributed by atoms with Gasteiger partial charge in [0.05, 0.1) is 16.7 Å². The molecule has 1 aliphatic rings. The molecule has 0 aliphatic heterocycles. The largest absolute Gasteiger partial charge is 0.321 e. The summed E-state index contributed by atoms with van der Waals surface area (Å²) in [4.78, 5) is 9.38. The Kier molecular flexibility index (Phi) is 4.15. The number of halogens is 1. The molecule has 3 nitrogen and oxygen atoms in total. The van der Waals surface area contributed by atoms with Crippen molar-refractivity contribution in [2.24, 2.45) is 5.73 Å². The highest BCUT2D eigenvalue weighted by Gasteiger charge is 2.34. The summed E-state index contributed by atoms with van der Waals surface area (Å²) in [5, 5.41) is 0.471. The van der Waals surface area contributed by atoms with Crippen molar-refractivity contribution in [3.8, 4) is 22.4 Å². The summed E-state index contributed by atoms with van der Waals surface area (Å²) < 4.78 is 0. The molecule has 0 spiro atoms. The molecule has 28 heavy (non-hydrogen) atoms.